The van der Waals surface area contributed by atoms with Gasteiger partial charge >= 0.3 is 6.03 Å². The molecule has 0 aromatic heterocycles. The van der Waals surface area contributed by atoms with E-state index >= 15 is 0 Å². The minimum absolute atomic E-state index is 0.112. The Morgan fingerprint density at radius 1 is 1.11 bits per heavy atom. The lowest BCUT2D eigenvalue weighted by Gasteiger charge is -2.19. The number of urea groups is 1. The van der Waals surface area contributed by atoms with Crippen molar-refractivity contribution in [1.29, 1.82) is 0 Å². The number of benzene rings is 2. The molecule has 1 aliphatic heterocycles. The highest BCUT2D eigenvalue weighted by Gasteiger charge is 2.31. The van der Waals surface area contributed by atoms with Crippen molar-refractivity contribution >= 4 is 23.3 Å². The molecule has 1 saturated heterocycles. The van der Waals surface area contributed by atoms with E-state index in [1.54, 1.807) is 29.2 Å². The minimum Gasteiger partial charge on any atom is -0.493 e. The van der Waals surface area contributed by atoms with Crippen LogP contribution in [-0.4, -0.2) is 50.7 Å². The summed E-state index contributed by atoms with van der Waals surface area (Å²) in [5.74, 6) is 0.261. The van der Waals surface area contributed by atoms with Gasteiger partial charge in [0.2, 0.25) is 5.91 Å². The van der Waals surface area contributed by atoms with Crippen LogP contribution in [0, 0.1) is 5.82 Å². The zero-order valence-corrected chi connectivity index (χ0v) is 15.1. The summed E-state index contributed by atoms with van der Waals surface area (Å²) < 4.78 is 23.7. The van der Waals surface area contributed by atoms with E-state index in [0.29, 0.717) is 36.0 Å². The molecule has 8 heteroatoms. The zero-order valence-electron chi connectivity index (χ0n) is 15.1. The number of nitrogens with one attached hydrogen (secondary N) is 1. The number of anilines is 2. The van der Waals surface area contributed by atoms with Gasteiger partial charge in [-0.1, -0.05) is 6.07 Å². The van der Waals surface area contributed by atoms with Gasteiger partial charge in [-0.05, 0) is 30.3 Å². The van der Waals surface area contributed by atoms with Crippen molar-refractivity contribution in [3.63, 3.8) is 0 Å². The number of hydrogen-bond acceptors (Lipinski definition) is 4. The number of hydrogen-bond donors (Lipinski definition) is 1. The standard InChI is InChI=1S/C19H20FN3O4/c1-26-16-7-6-15(11-17(16)27-2)23-9-8-22(19(23)25)12-18(24)21-14-5-3-4-13(20)10-14/h3-7,10-11H,8-9,12H2,1-2H3,(H,21,24). The number of carbonyl (C=O) groups is 2. The molecular weight excluding hydrogens is 353 g/mol. The topological polar surface area (TPSA) is 71.1 Å². The Balaban J connectivity index is 1.65. The fourth-order valence-electron chi connectivity index (χ4n) is 2.90. The zero-order chi connectivity index (χ0) is 19.4. The van der Waals surface area contributed by atoms with Gasteiger partial charge in [0.25, 0.3) is 0 Å². The first-order valence-electron chi connectivity index (χ1n) is 8.35. The van der Waals surface area contributed by atoms with Crippen LogP contribution < -0.4 is 19.7 Å². The van der Waals surface area contributed by atoms with Gasteiger partial charge in [-0.2, -0.15) is 0 Å². The molecule has 0 bridgehead atoms. The van der Waals surface area contributed by atoms with Gasteiger partial charge in [-0.3, -0.25) is 9.69 Å². The van der Waals surface area contributed by atoms with Crippen LogP contribution in [0.3, 0.4) is 0 Å². The Hall–Kier alpha value is -3.29. The summed E-state index contributed by atoms with van der Waals surface area (Å²) in [5.41, 5.74) is 1.01. The van der Waals surface area contributed by atoms with Gasteiger partial charge in [0.05, 0.1) is 14.2 Å². The van der Waals surface area contributed by atoms with E-state index in [2.05, 4.69) is 5.32 Å². The van der Waals surface area contributed by atoms with Crippen molar-refractivity contribution < 1.29 is 23.5 Å². The normalized spacial score (nSPS) is 13.7. The summed E-state index contributed by atoms with van der Waals surface area (Å²) in [6.45, 7) is 0.741. The molecule has 0 aliphatic carbocycles. The summed E-state index contributed by atoms with van der Waals surface area (Å²) in [4.78, 5) is 27.8. The van der Waals surface area contributed by atoms with Crippen molar-refractivity contribution in [2.45, 2.75) is 0 Å². The number of rotatable bonds is 6. The van der Waals surface area contributed by atoms with Crippen LogP contribution in [0.2, 0.25) is 0 Å². The molecule has 0 atom stereocenters. The monoisotopic (exact) mass is 373 g/mol. The van der Waals surface area contributed by atoms with Crippen molar-refractivity contribution in [3.05, 3.63) is 48.3 Å². The molecule has 1 fully saturated rings. The van der Waals surface area contributed by atoms with Crippen molar-refractivity contribution in [3.8, 4) is 11.5 Å². The summed E-state index contributed by atoms with van der Waals surface area (Å²) in [7, 11) is 3.06. The summed E-state index contributed by atoms with van der Waals surface area (Å²) in [6, 6.07) is 10.5. The molecule has 2 aromatic carbocycles. The summed E-state index contributed by atoms with van der Waals surface area (Å²) >= 11 is 0. The quantitative estimate of drug-likeness (QED) is 0.845. The third kappa shape index (κ3) is 4.11. The Kier molecular flexibility index (Phi) is 5.44. The Morgan fingerprint density at radius 3 is 2.59 bits per heavy atom. The molecule has 2 aromatic rings. The van der Waals surface area contributed by atoms with Crippen molar-refractivity contribution in [1.82, 2.24) is 4.90 Å². The van der Waals surface area contributed by atoms with Crippen LogP contribution in [0.25, 0.3) is 0 Å². The summed E-state index contributed by atoms with van der Waals surface area (Å²) in [5, 5.41) is 2.59. The van der Waals surface area contributed by atoms with Gasteiger partial charge < -0.3 is 19.7 Å². The van der Waals surface area contributed by atoms with Crippen LogP contribution in [-0.2, 0) is 4.79 Å². The lowest BCUT2D eigenvalue weighted by atomic mass is 10.2. The molecule has 1 aliphatic rings. The molecule has 3 amide bonds. The third-order valence-corrected chi connectivity index (χ3v) is 4.22. The van der Waals surface area contributed by atoms with E-state index in [4.69, 9.17) is 9.47 Å². The van der Waals surface area contributed by atoms with Gasteiger partial charge in [0, 0.05) is 30.5 Å². The average molecular weight is 373 g/mol. The van der Waals surface area contributed by atoms with Crippen molar-refractivity contribution in [2.24, 2.45) is 0 Å². The fraction of sp³-hybridized carbons (Fsp3) is 0.263. The number of amides is 3. The molecule has 3 rings (SSSR count). The second-order valence-electron chi connectivity index (χ2n) is 5.95. The van der Waals surface area contributed by atoms with Crippen LogP contribution in [0.4, 0.5) is 20.6 Å². The van der Waals surface area contributed by atoms with E-state index < -0.39 is 5.82 Å². The Labute approximate surface area is 156 Å². The van der Waals surface area contributed by atoms with Crippen LogP contribution in [0.15, 0.2) is 42.5 Å². The molecule has 7 nitrogen and oxygen atoms in total. The smallest absolute Gasteiger partial charge is 0.325 e. The Morgan fingerprint density at radius 2 is 1.89 bits per heavy atom. The lowest BCUT2D eigenvalue weighted by molar-refractivity contribution is -0.116. The van der Waals surface area contributed by atoms with Crippen molar-refractivity contribution in [2.75, 3.05) is 44.1 Å². The number of nitrogens with zero attached hydrogens (tertiary/aromatic N) is 2. The predicted octanol–water partition coefficient (Wildman–Crippen LogP) is 2.72. The second-order valence-corrected chi connectivity index (χ2v) is 5.95. The number of halogens is 1. The molecule has 27 heavy (non-hydrogen) atoms. The lowest BCUT2D eigenvalue weighted by Crippen LogP contribution is -2.37. The van der Waals surface area contributed by atoms with E-state index in [-0.39, 0.29) is 18.5 Å². The molecule has 1 N–H and O–H groups in total. The predicted molar refractivity (Wildman–Crippen MR) is 98.9 cm³/mol. The third-order valence-electron chi connectivity index (χ3n) is 4.22. The van der Waals surface area contributed by atoms with Gasteiger partial charge in [0.1, 0.15) is 12.4 Å². The minimum atomic E-state index is -0.440. The fourth-order valence-corrected chi connectivity index (χ4v) is 2.90. The van der Waals surface area contributed by atoms with Gasteiger partial charge in [-0.15, -0.1) is 0 Å². The average Bonchev–Trinajstić information content (AvgIpc) is 3.01. The van der Waals surface area contributed by atoms with E-state index in [0.717, 1.165) is 0 Å². The van der Waals surface area contributed by atoms with E-state index in [1.807, 2.05) is 0 Å². The molecule has 1 heterocycles. The largest absolute Gasteiger partial charge is 0.493 e. The maximum atomic E-state index is 13.2. The van der Waals surface area contributed by atoms with Gasteiger partial charge in [-0.25, -0.2) is 9.18 Å². The highest BCUT2D eigenvalue weighted by Crippen LogP contribution is 2.32. The molecule has 0 unspecified atom stereocenters. The molecular formula is C19H20FN3O4. The van der Waals surface area contributed by atoms with Crippen LogP contribution >= 0.6 is 0 Å². The highest BCUT2D eigenvalue weighted by atomic mass is 19.1. The van der Waals surface area contributed by atoms with E-state index in [9.17, 15) is 14.0 Å². The number of carbonyl (C=O) groups excluding carboxylic acids is 2. The van der Waals surface area contributed by atoms with Gasteiger partial charge in [0.15, 0.2) is 11.5 Å². The summed E-state index contributed by atoms with van der Waals surface area (Å²) in [6.07, 6.45) is 0. The second kappa shape index (κ2) is 7.94. The maximum Gasteiger partial charge on any atom is 0.325 e. The molecule has 0 saturated carbocycles. The highest BCUT2D eigenvalue weighted by molar-refractivity contribution is 5.99. The first-order chi connectivity index (χ1) is 13.0. The maximum absolute atomic E-state index is 13.2. The SMILES string of the molecule is COc1ccc(N2CCN(CC(=O)Nc3cccc(F)c3)C2=O)cc1OC. The van der Waals surface area contributed by atoms with Crippen LogP contribution in [0.1, 0.15) is 0 Å². The number of ether oxygens (including phenoxy) is 2. The van der Waals surface area contributed by atoms with E-state index in [1.165, 1.54) is 37.3 Å². The first-order valence-corrected chi connectivity index (χ1v) is 8.35. The molecule has 0 radical (unpaired) electrons. The first kappa shape index (κ1) is 18.5. The Bertz CT molecular complexity index is 859. The van der Waals surface area contributed by atoms with Crippen LogP contribution in [0.5, 0.6) is 11.5 Å². The number of methoxy groups -OCH3 is 2. The molecule has 142 valence electrons. The molecule has 0 spiro atoms.